The van der Waals surface area contributed by atoms with Crippen LogP contribution in [0.25, 0.3) is 10.4 Å². The van der Waals surface area contributed by atoms with Crippen molar-refractivity contribution in [3.05, 3.63) is 46.3 Å². The molecule has 0 bridgehead atoms. The highest BCUT2D eigenvalue weighted by molar-refractivity contribution is 5.22. The molecule has 0 aromatic heterocycles. The SMILES string of the molecule is CC(C)(C)OOC(C)(CN=[N+]=[N-])c1ccccc1. The summed E-state index contributed by atoms with van der Waals surface area (Å²) in [5.74, 6) is 0. The molecule has 1 atom stereocenters. The van der Waals surface area contributed by atoms with E-state index in [9.17, 15) is 0 Å². The van der Waals surface area contributed by atoms with E-state index < -0.39 is 11.2 Å². The van der Waals surface area contributed by atoms with Gasteiger partial charge >= 0.3 is 0 Å². The molecule has 0 amide bonds. The molecule has 98 valence electrons. The van der Waals surface area contributed by atoms with Crippen LogP contribution in [0, 0.1) is 0 Å². The topological polar surface area (TPSA) is 67.2 Å². The van der Waals surface area contributed by atoms with E-state index in [0.29, 0.717) is 0 Å². The minimum absolute atomic E-state index is 0.170. The quantitative estimate of drug-likeness (QED) is 0.260. The molecule has 0 N–H and O–H groups in total. The zero-order valence-electron chi connectivity index (χ0n) is 11.3. The molecule has 0 heterocycles. The van der Waals surface area contributed by atoms with Crippen LogP contribution < -0.4 is 0 Å². The smallest absolute Gasteiger partial charge is 0.131 e. The summed E-state index contributed by atoms with van der Waals surface area (Å²) in [7, 11) is 0. The first-order valence-electron chi connectivity index (χ1n) is 5.81. The summed E-state index contributed by atoms with van der Waals surface area (Å²) < 4.78 is 0. The molecule has 0 aliphatic heterocycles. The second kappa shape index (κ2) is 5.87. The molecule has 0 aliphatic carbocycles. The van der Waals surface area contributed by atoms with Gasteiger partial charge in [-0.2, -0.15) is 0 Å². The van der Waals surface area contributed by atoms with Gasteiger partial charge in [-0.25, -0.2) is 9.78 Å². The van der Waals surface area contributed by atoms with Crippen molar-refractivity contribution in [1.82, 2.24) is 0 Å². The Morgan fingerprint density at radius 3 is 2.22 bits per heavy atom. The van der Waals surface area contributed by atoms with E-state index in [2.05, 4.69) is 10.0 Å². The van der Waals surface area contributed by atoms with Crippen LogP contribution in [-0.2, 0) is 15.4 Å². The molecular formula is C13H19N3O2. The van der Waals surface area contributed by atoms with Crippen molar-refractivity contribution in [2.24, 2.45) is 5.11 Å². The third kappa shape index (κ3) is 4.37. The van der Waals surface area contributed by atoms with Crippen molar-refractivity contribution in [3.8, 4) is 0 Å². The fourth-order valence-electron chi connectivity index (χ4n) is 1.34. The Morgan fingerprint density at radius 2 is 1.72 bits per heavy atom. The average molecular weight is 249 g/mol. The molecule has 0 spiro atoms. The second-order valence-electron chi connectivity index (χ2n) is 5.26. The third-order valence-corrected chi connectivity index (χ3v) is 2.30. The molecule has 0 aliphatic rings. The van der Waals surface area contributed by atoms with Gasteiger partial charge in [-0.1, -0.05) is 35.4 Å². The van der Waals surface area contributed by atoms with Crippen LogP contribution in [0.2, 0.25) is 0 Å². The number of nitrogens with zero attached hydrogens (tertiary/aromatic N) is 3. The fraction of sp³-hybridized carbons (Fsp3) is 0.538. The summed E-state index contributed by atoms with van der Waals surface area (Å²) in [6.45, 7) is 7.69. The molecule has 0 radical (unpaired) electrons. The Bertz CT molecular complexity index is 422. The van der Waals surface area contributed by atoms with E-state index in [0.717, 1.165) is 5.56 Å². The number of benzene rings is 1. The zero-order valence-corrected chi connectivity index (χ0v) is 11.3. The van der Waals surface area contributed by atoms with E-state index in [1.54, 1.807) is 0 Å². The second-order valence-corrected chi connectivity index (χ2v) is 5.26. The minimum atomic E-state index is -0.791. The van der Waals surface area contributed by atoms with E-state index in [1.165, 1.54) is 0 Å². The Balaban J connectivity index is 2.92. The molecule has 5 heteroatoms. The highest BCUT2D eigenvalue weighted by Gasteiger charge is 2.30. The minimum Gasteiger partial charge on any atom is -0.230 e. The van der Waals surface area contributed by atoms with Gasteiger partial charge in [0.1, 0.15) is 5.60 Å². The van der Waals surface area contributed by atoms with Gasteiger partial charge in [0, 0.05) is 4.91 Å². The molecule has 0 saturated carbocycles. The fourth-order valence-corrected chi connectivity index (χ4v) is 1.34. The van der Waals surface area contributed by atoms with Crippen molar-refractivity contribution in [1.29, 1.82) is 0 Å². The number of hydrogen-bond donors (Lipinski definition) is 0. The largest absolute Gasteiger partial charge is 0.230 e. The van der Waals surface area contributed by atoms with Crippen molar-refractivity contribution in [2.75, 3.05) is 6.54 Å². The van der Waals surface area contributed by atoms with Crippen molar-refractivity contribution < 1.29 is 9.78 Å². The number of rotatable bonds is 5. The molecule has 5 nitrogen and oxygen atoms in total. The molecular weight excluding hydrogens is 230 g/mol. The number of hydrogen-bond acceptors (Lipinski definition) is 3. The van der Waals surface area contributed by atoms with Crippen LogP contribution >= 0.6 is 0 Å². The summed E-state index contributed by atoms with van der Waals surface area (Å²) >= 11 is 0. The first-order chi connectivity index (χ1) is 8.37. The van der Waals surface area contributed by atoms with Crippen LogP contribution in [0.3, 0.4) is 0 Å². The average Bonchev–Trinajstić information content (AvgIpc) is 2.34. The van der Waals surface area contributed by atoms with E-state index in [4.69, 9.17) is 15.3 Å². The Hall–Kier alpha value is -1.55. The predicted octanol–water partition coefficient (Wildman–Crippen LogP) is 3.96. The van der Waals surface area contributed by atoms with Crippen LogP contribution in [0.5, 0.6) is 0 Å². The Morgan fingerprint density at radius 1 is 1.11 bits per heavy atom. The van der Waals surface area contributed by atoms with Crippen molar-refractivity contribution in [3.63, 3.8) is 0 Å². The van der Waals surface area contributed by atoms with E-state index in [1.807, 2.05) is 58.0 Å². The lowest BCUT2D eigenvalue weighted by atomic mass is 9.96. The van der Waals surface area contributed by atoms with Gasteiger partial charge in [0.2, 0.25) is 0 Å². The maximum Gasteiger partial charge on any atom is 0.131 e. The molecule has 1 rings (SSSR count). The van der Waals surface area contributed by atoms with Crippen LogP contribution in [0.1, 0.15) is 33.3 Å². The van der Waals surface area contributed by atoms with Crippen LogP contribution in [0.15, 0.2) is 35.4 Å². The van der Waals surface area contributed by atoms with Crippen molar-refractivity contribution >= 4 is 0 Å². The Kier molecular flexibility index (Phi) is 4.73. The first kappa shape index (κ1) is 14.5. The Labute approximate surface area is 107 Å². The van der Waals surface area contributed by atoms with E-state index in [-0.39, 0.29) is 6.54 Å². The molecule has 18 heavy (non-hydrogen) atoms. The lowest BCUT2D eigenvalue weighted by molar-refractivity contribution is -0.403. The van der Waals surface area contributed by atoms with Gasteiger partial charge in [-0.15, -0.1) is 0 Å². The third-order valence-electron chi connectivity index (χ3n) is 2.30. The summed E-state index contributed by atoms with van der Waals surface area (Å²) in [6.07, 6.45) is 0. The van der Waals surface area contributed by atoms with Crippen LogP contribution in [-0.4, -0.2) is 12.1 Å². The molecule has 1 aromatic carbocycles. The summed E-state index contributed by atoms with van der Waals surface area (Å²) in [5, 5.41) is 3.60. The summed E-state index contributed by atoms with van der Waals surface area (Å²) in [5.41, 5.74) is 8.16. The molecule has 1 aromatic rings. The normalized spacial score (nSPS) is 14.7. The van der Waals surface area contributed by atoms with Gasteiger partial charge in [0.15, 0.2) is 0 Å². The highest BCUT2D eigenvalue weighted by atomic mass is 17.2. The standard InChI is InChI=1S/C13H19N3O2/c1-12(2,3)17-18-13(4,10-15-16-14)11-8-6-5-7-9-11/h5-9H,10H2,1-4H3. The lowest BCUT2D eigenvalue weighted by Crippen LogP contribution is -2.33. The molecule has 0 saturated heterocycles. The van der Waals surface area contributed by atoms with Gasteiger partial charge in [0.05, 0.1) is 12.1 Å². The summed E-state index contributed by atoms with van der Waals surface area (Å²) in [6, 6.07) is 9.56. The van der Waals surface area contributed by atoms with E-state index >= 15 is 0 Å². The molecule has 0 fully saturated rings. The van der Waals surface area contributed by atoms with Gasteiger partial charge in [-0.3, -0.25) is 0 Å². The number of azide groups is 1. The van der Waals surface area contributed by atoms with Gasteiger partial charge in [-0.05, 0) is 38.8 Å². The zero-order chi connectivity index (χ0) is 13.6. The summed E-state index contributed by atoms with van der Waals surface area (Å²) in [4.78, 5) is 13.7. The molecule has 1 unspecified atom stereocenters. The lowest BCUT2D eigenvalue weighted by Gasteiger charge is -2.30. The predicted molar refractivity (Wildman–Crippen MR) is 69.7 cm³/mol. The van der Waals surface area contributed by atoms with Crippen molar-refractivity contribution in [2.45, 2.75) is 38.9 Å². The van der Waals surface area contributed by atoms with Gasteiger partial charge < -0.3 is 0 Å². The van der Waals surface area contributed by atoms with Gasteiger partial charge in [0.25, 0.3) is 0 Å². The maximum absolute atomic E-state index is 8.47. The maximum atomic E-state index is 8.47. The van der Waals surface area contributed by atoms with Crippen LogP contribution in [0.4, 0.5) is 0 Å². The first-order valence-corrected chi connectivity index (χ1v) is 5.81. The highest BCUT2D eigenvalue weighted by Crippen LogP contribution is 2.28. The monoisotopic (exact) mass is 249 g/mol.